The Labute approximate surface area is 163 Å². The summed E-state index contributed by atoms with van der Waals surface area (Å²) in [7, 11) is 0. The number of ether oxygens (including phenoxy) is 2. The highest BCUT2D eigenvalue weighted by Gasteiger charge is 2.09. The van der Waals surface area contributed by atoms with Gasteiger partial charge in [-0.25, -0.2) is 0 Å². The standard InChI is InChI=1S/C21H22N2O3S/c1-2-25-19-14-16(9-11-20(24)23-21-22-12-13-27-21)8-10-18(19)26-15-17-6-4-3-5-7-17/h3-11,14H,2,12-13,15H2,1H3,(H,22,23,24). The summed E-state index contributed by atoms with van der Waals surface area (Å²) in [5.74, 6) is 2.07. The van der Waals surface area contributed by atoms with E-state index in [4.69, 9.17) is 9.47 Å². The topological polar surface area (TPSA) is 59.9 Å². The van der Waals surface area contributed by atoms with Crippen LogP contribution in [0, 0.1) is 0 Å². The zero-order valence-corrected chi connectivity index (χ0v) is 16.0. The van der Waals surface area contributed by atoms with Crippen molar-refractivity contribution in [3.8, 4) is 11.5 Å². The lowest BCUT2D eigenvalue weighted by Gasteiger charge is -2.12. The van der Waals surface area contributed by atoms with Crippen molar-refractivity contribution >= 4 is 28.9 Å². The molecule has 2 aromatic carbocycles. The maximum absolute atomic E-state index is 12.0. The Morgan fingerprint density at radius 2 is 2.04 bits per heavy atom. The highest BCUT2D eigenvalue weighted by molar-refractivity contribution is 8.14. The average Bonchev–Trinajstić information content (AvgIpc) is 3.19. The summed E-state index contributed by atoms with van der Waals surface area (Å²) in [5.41, 5.74) is 1.95. The number of carbonyl (C=O) groups excluding carboxylic acids is 1. The summed E-state index contributed by atoms with van der Waals surface area (Å²) in [6.45, 7) is 3.69. The van der Waals surface area contributed by atoms with E-state index < -0.39 is 0 Å². The molecule has 0 bridgehead atoms. The van der Waals surface area contributed by atoms with E-state index in [1.54, 1.807) is 17.8 Å². The van der Waals surface area contributed by atoms with E-state index in [0.29, 0.717) is 29.9 Å². The van der Waals surface area contributed by atoms with Crippen LogP contribution < -0.4 is 14.8 Å². The van der Waals surface area contributed by atoms with Gasteiger partial charge in [-0.3, -0.25) is 9.79 Å². The Kier molecular flexibility index (Phi) is 6.93. The molecule has 1 N–H and O–H groups in total. The van der Waals surface area contributed by atoms with Gasteiger partial charge < -0.3 is 14.8 Å². The summed E-state index contributed by atoms with van der Waals surface area (Å²) in [6.07, 6.45) is 3.25. The number of carbonyl (C=O) groups is 1. The first-order valence-electron chi connectivity index (χ1n) is 8.84. The third-order valence-electron chi connectivity index (χ3n) is 3.75. The molecular formula is C21H22N2O3S. The first-order valence-corrected chi connectivity index (χ1v) is 9.83. The molecule has 1 amide bonds. The number of hydrogen-bond acceptors (Lipinski definition) is 5. The van der Waals surface area contributed by atoms with Crippen LogP contribution in [0.25, 0.3) is 6.08 Å². The Morgan fingerprint density at radius 3 is 2.78 bits per heavy atom. The van der Waals surface area contributed by atoms with E-state index in [9.17, 15) is 4.79 Å². The summed E-state index contributed by atoms with van der Waals surface area (Å²) in [4.78, 5) is 16.2. The molecule has 1 aliphatic rings. The molecule has 2 aromatic rings. The van der Waals surface area contributed by atoms with Crippen LogP contribution in [-0.4, -0.2) is 30.0 Å². The van der Waals surface area contributed by atoms with Crippen molar-refractivity contribution in [2.24, 2.45) is 4.99 Å². The summed E-state index contributed by atoms with van der Waals surface area (Å²) in [5, 5.41) is 3.45. The normalized spacial score (nSPS) is 13.4. The lowest BCUT2D eigenvalue weighted by molar-refractivity contribution is -0.115. The molecule has 0 aromatic heterocycles. The molecule has 0 aliphatic carbocycles. The van der Waals surface area contributed by atoms with E-state index in [2.05, 4.69) is 10.3 Å². The Hall–Kier alpha value is -2.73. The number of nitrogens with zero attached hydrogens (tertiary/aromatic N) is 1. The molecule has 0 spiro atoms. The van der Waals surface area contributed by atoms with Gasteiger partial charge in [-0.15, -0.1) is 0 Å². The van der Waals surface area contributed by atoms with E-state index in [-0.39, 0.29) is 5.91 Å². The molecule has 1 aliphatic heterocycles. The van der Waals surface area contributed by atoms with Crippen LogP contribution in [0.5, 0.6) is 11.5 Å². The Bertz CT molecular complexity index is 835. The summed E-state index contributed by atoms with van der Waals surface area (Å²) >= 11 is 1.55. The maximum atomic E-state index is 12.0. The predicted octanol–water partition coefficient (Wildman–Crippen LogP) is 3.90. The van der Waals surface area contributed by atoms with E-state index in [0.717, 1.165) is 23.4 Å². The van der Waals surface area contributed by atoms with Gasteiger partial charge in [-0.05, 0) is 36.3 Å². The van der Waals surface area contributed by atoms with Crippen molar-refractivity contribution in [2.45, 2.75) is 13.5 Å². The largest absolute Gasteiger partial charge is 0.490 e. The lowest BCUT2D eigenvalue weighted by atomic mass is 10.2. The number of nitrogens with one attached hydrogen (secondary N) is 1. The fourth-order valence-corrected chi connectivity index (χ4v) is 3.21. The van der Waals surface area contributed by atoms with Gasteiger partial charge in [-0.1, -0.05) is 48.2 Å². The van der Waals surface area contributed by atoms with Crippen molar-refractivity contribution < 1.29 is 14.3 Å². The molecular weight excluding hydrogens is 360 g/mol. The monoisotopic (exact) mass is 382 g/mol. The second-order valence-corrected chi connectivity index (χ2v) is 6.85. The lowest BCUT2D eigenvalue weighted by Crippen LogP contribution is -2.25. The molecule has 0 fully saturated rings. The smallest absolute Gasteiger partial charge is 0.249 e. The van der Waals surface area contributed by atoms with E-state index >= 15 is 0 Å². The van der Waals surface area contributed by atoms with E-state index in [1.165, 1.54) is 6.08 Å². The number of amidine groups is 1. The van der Waals surface area contributed by atoms with E-state index in [1.807, 2.05) is 55.5 Å². The SMILES string of the molecule is CCOc1cc(C=CC(=O)NC2=NCCS2)ccc1OCc1ccccc1. The predicted molar refractivity (Wildman–Crippen MR) is 110 cm³/mol. The number of aliphatic imine (C=N–C) groups is 1. The minimum atomic E-state index is -0.189. The van der Waals surface area contributed by atoms with Crippen molar-refractivity contribution in [3.63, 3.8) is 0 Å². The molecule has 5 nitrogen and oxygen atoms in total. The summed E-state index contributed by atoms with van der Waals surface area (Å²) < 4.78 is 11.6. The van der Waals surface area contributed by atoms with Gasteiger partial charge in [0.25, 0.3) is 0 Å². The van der Waals surface area contributed by atoms with Gasteiger partial charge in [0.2, 0.25) is 5.91 Å². The first kappa shape index (κ1) is 19.0. The van der Waals surface area contributed by atoms with Crippen LogP contribution in [0.4, 0.5) is 0 Å². The molecule has 0 atom stereocenters. The number of thioether (sulfide) groups is 1. The van der Waals surface area contributed by atoms with Crippen LogP contribution in [0.2, 0.25) is 0 Å². The fraction of sp³-hybridized carbons (Fsp3) is 0.238. The third-order valence-corrected chi connectivity index (χ3v) is 4.64. The van der Waals surface area contributed by atoms with Crippen molar-refractivity contribution in [2.75, 3.05) is 18.9 Å². The molecule has 0 unspecified atom stereocenters. The number of amides is 1. The van der Waals surface area contributed by atoms with Crippen molar-refractivity contribution in [1.82, 2.24) is 5.32 Å². The van der Waals surface area contributed by atoms with Crippen LogP contribution >= 0.6 is 11.8 Å². The average molecular weight is 382 g/mol. The molecule has 27 heavy (non-hydrogen) atoms. The number of hydrogen-bond donors (Lipinski definition) is 1. The molecule has 0 saturated heterocycles. The first-order chi connectivity index (χ1) is 13.2. The number of rotatable bonds is 7. The molecule has 1 heterocycles. The number of benzene rings is 2. The fourth-order valence-electron chi connectivity index (χ4n) is 2.48. The van der Waals surface area contributed by atoms with Crippen molar-refractivity contribution in [1.29, 1.82) is 0 Å². The van der Waals surface area contributed by atoms with Gasteiger partial charge >= 0.3 is 0 Å². The van der Waals surface area contributed by atoms with Crippen LogP contribution in [-0.2, 0) is 11.4 Å². The zero-order valence-electron chi connectivity index (χ0n) is 15.2. The molecule has 0 radical (unpaired) electrons. The molecule has 0 saturated carbocycles. The van der Waals surface area contributed by atoms with Crippen LogP contribution in [0.3, 0.4) is 0 Å². The minimum absolute atomic E-state index is 0.189. The molecule has 6 heteroatoms. The zero-order chi connectivity index (χ0) is 18.9. The second kappa shape index (κ2) is 9.83. The quantitative estimate of drug-likeness (QED) is 0.738. The van der Waals surface area contributed by atoms with Gasteiger partial charge in [0.1, 0.15) is 6.61 Å². The summed E-state index contributed by atoms with van der Waals surface area (Å²) in [6, 6.07) is 15.6. The highest BCUT2D eigenvalue weighted by Crippen LogP contribution is 2.29. The van der Waals surface area contributed by atoms with Gasteiger partial charge in [0.15, 0.2) is 16.7 Å². The van der Waals surface area contributed by atoms with Gasteiger partial charge in [0, 0.05) is 11.8 Å². The molecule has 3 rings (SSSR count). The highest BCUT2D eigenvalue weighted by atomic mass is 32.2. The van der Waals surface area contributed by atoms with Gasteiger partial charge in [0.05, 0.1) is 13.2 Å². The Balaban J connectivity index is 1.65. The second-order valence-electron chi connectivity index (χ2n) is 5.77. The van der Waals surface area contributed by atoms with Crippen LogP contribution in [0.15, 0.2) is 59.6 Å². The van der Waals surface area contributed by atoms with Crippen molar-refractivity contribution in [3.05, 3.63) is 65.7 Å². The minimum Gasteiger partial charge on any atom is -0.490 e. The van der Waals surface area contributed by atoms with Crippen LogP contribution in [0.1, 0.15) is 18.1 Å². The Morgan fingerprint density at radius 1 is 1.19 bits per heavy atom. The molecule has 140 valence electrons. The third kappa shape index (κ3) is 5.89. The van der Waals surface area contributed by atoms with Gasteiger partial charge in [-0.2, -0.15) is 0 Å². The maximum Gasteiger partial charge on any atom is 0.249 e.